The summed E-state index contributed by atoms with van der Waals surface area (Å²) in [7, 11) is 0. The van der Waals surface area contributed by atoms with Crippen molar-refractivity contribution in [2.24, 2.45) is 0 Å². The Morgan fingerprint density at radius 1 is 1.75 bits per heavy atom. The fourth-order valence-electron chi connectivity index (χ4n) is 0. The van der Waals surface area contributed by atoms with Gasteiger partial charge in [-0.3, -0.25) is 0 Å². The molecule has 0 aromatic heterocycles. The first-order valence-corrected chi connectivity index (χ1v) is 0.894. The molecule has 24 valence electrons. The van der Waals surface area contributed by atoms with E-state index >= 15 is 0 Å². The summed E-state index contributed by atoms with van der Waals surface area (Å²) in [4.78, 5) is 0. The summed E-state index contributed by atoms with van der Waals surface area (Å²) in [6, 6.07) is 0. The van der Waals surface area contributed by atoms with Crippen LogP contribution >= 0.6 is 12.6 Å². The maximum absolute atomic E-state index is 7.18. The van der Waals surface area contributed by atoms with E-state index in [2.05, 4.69) is 12.6 Å². The average molecular weight is 184 g/mol. The van der Waals surface area contributed by atoms with Gasteiger partial charge in [0.05, 0.1) is 0 Å². The Balaban J connectivity index is 0. The monoisotopic (exact) mass is 183 g/mol. The van der Waals surface area contributed by atoms with Gasteiger partial charge in [0.1, 0.15) is 5.40 Å². The molecule has 0 saturated heterocycles. The summed E-state index contributed by atoms with van der Waals surface area (Å²) in [6.45, 7) is 0. The zero-order chi connectivity index (χ0) is 2.71. The molecule has 0 heterocycles. The predicted octanol–water partition coefficient (Wildman–Crippen LogP) is -0.787. The number of rotatable bonds is 0. The Kier molecular flexibility index (Phi) is 20.7. The first kappa shape index (κ1) is 8.82. The molecule has 0 bridgehead atoms. The molecule has 0 saturated carbocycles. The van der Waals surface area contributed by atoms with E-state index in [-0.39, 0.29) is 24.4 Å². The van der Waals surface area contributed by atoms with Crippen molar-refractivity contribution < 1.29 is 0 Å². The van der Waals surface area contributed by atoms with Crippen molar-refractivity contribution in [3.63, 3.8) is 0 Å². The minimum absolute atomic E-state index is 0. The van der Waals surface area contributed by atoms with Gasteiger partial charge in [0.25, 0.3) is 0 Å². The van der Waals surface area contributed by atoms with Crippen molar-refractivity contribution in [1.29, 1.82) is 5.26 Å². The standard InChI is InChI=1S/CHNS.Sb.3H/c2-1-3;;;;/h3H;;;;. The van der Waals surface area contributed by atoms with E-state index in [9.17, 15) is 0 Å². The van der Waals surface area contributed by atoms with Crippen LogP contribution in [0.5, 0.6) is 0 Å². The molecule has 3 heteroatoms. The van der Waals surface area contributed by atoms with Gasteiger partial charge < -0.3 is 0 Å². The molecule has 0 amide bonds. The maximum atomic E-state index is 7.18. The SMILES string of the molecule is N#CS.[SbH3]. The second-order valence-electron chi connectivity index (χ2n) is 0.100. The molecular formula is CH4NSSb. The average Bonchev–Trinajstić information content (AvgIpc) is 0.918. The summed E-state index contributed by atoms with van der Waals surface area (Å²) in [6.07, 6.45) is 0. The van der Waals surface area contributed by atoms with Crippen LogP contribution in [0.2, 0.25) is 0 Å². The Bertz CT molecular complexity index is 29.5. The minimum atomic E-state index is 0. The molecule has 0 aliphatic heterocycles. The number of hydrogen-bond acceptors (Lipinski definition) is 2. The second-order valence-corrected chi connectivity index (χ2v) is 0.300. The molecule has 0 rings (SSSR count). The molecule has 0 aliphatic rings. The van der Waals surface area contributed by atoms with Gasteiger partial charge >= 0.3 is 24.4 Å². The fraction of sp³-hybridized carbons (Fsp3) is 0. The van der Waals surface area contributed by atoms with Crippen LogP contribution in [0.3, 0.4) is 0 Å². The molecule has 0 N–H and O–H groups in total. The molecule has 0 aromatic rings. The van der Waals surface area contributed by atoms with E-state index in [0.29, 0.717) is 0 Å². The zero-order valence-corrected chi connectivity index (χ0v) is 7.03. The van der Waals surface area contributed by atoms with Crippen LogP contribution in [-0.2, 0) is 0 Å². The third-order valence-corrected chi connectivity index (χ3v) is 0. The number of hydrogen-bond donors (Lipinski definition) is 1. The van der Waals surface area contributed by atoms with E-state index < -0.39 is 0 Å². The van der Waals surface area contributed by atoms with Crippen LogP contribution in [0.25, 0.3) is 0 Å². The number of thiol groups is 1. The summed E-state index contributed by atoms with van der Waals surface area (Å²) < 4.78 is 0. The molecule has 0 unspecified atom stereocenters. The van der Waals surface area contributed by atoms with Gasteiger partial charge in [0.2, 0.25) is 0 Å². The van der Waals surface area contributed by atoms with Crippen molar-refractivity contribution in [3.8, 4) is 5.40 Å². The van der Waals surface area contributed by atoms with Crippen LogP contribution in [0.1, 0.15) is 0 Å². The van der Waals surface area contributed by atoms with Crippen molar-refractivity contribution in [3.05, 3.63) is 0 Å². The van der Waals surface area contributed by atoms with Crippen LogP contribution in [-0.4, -0.2) is 24.4 Å². The Hall–Kier alpha value is 0.658. The third-order valence-electron chi connectivity index (χ3n) is 0. The summed E-state index contributed by atoms with van der Waals surface area (Å²) in [5.41, 5.74) is 0. The molecule has 0 fully saturated rings. The van der Waals surface area contributed by atoms with Crippen LogP contribution < -0.4 is 0 Å². The summed E-state index contributed by atoms with van der Waals surface area (Å²) in [5.74, 6) is 0. The molecule has 0 aromatic carbocycles. The van der Waals surface area contributed by atoms with Gasteiger partial charge in [0.15, 0.2) is 0 Å². The zero-order valence-electron chi connectivity index (χ0n) is 2.10. The molecule has 0 aliphatic carbocycles. The van der Waals surface area contributed by atoms with Crippen molar-refractivity contribution in [2.45, 2.75) is 0 Å². The van der Waals surface area contributed by atoms with Crippen LogP contribution in [0, 0.1) is 10.7 Å². The summed E-state index contributed by atoms with van der Waals surface area (Å²) >= 11 is 3.09. The topological polar surface area (TPSA) is 23.8 Å². The van der Waals surface area contributed by atoms with Crippen LogP contribution in [0.4, 0.5) is 0 Å². The van der Waals surface area contributed by atoms with Gasteiger partial charge in [-0.25, -0.2) is 0 Å². The quantitative estimate of drug-likeness (QED) is 0.297. The van der Waals surface area contributed by atoms with E-state index in [1.165, 1.54) is 5.40 Å². The Morgan fingerprint density at radius 2 is 1.75 bits per heavy atom. The second kappa shape index (κ2) is 9.40. The van der Waals surface area contributed by atoms with Crippen LogP contribution in [0.15, 0.2) is 0 Å². The molecular weight excluding hydrogens is 180 g/mol. The van der Waals surface area contributed by atoms with E-state index in [1.54, 1.807) is 0 Å². The Morgan fingerprint density at radius 3 is 1.75 bits per heavy atom. The number of nitrogens with zero attached hydrogens (tertiary/aromatic N) is 1. The summed E-state index contributed by atoms with van der Waals surface area (Å²) in [5, 5.41) is 8.63. The number of nitriles is 1. The number of thiocyanates is 1. The molecule has 0 radical (unpaired) electrons. The predicted molar refractivity (Wildman–Crippen MR) is 24.5 cm³/mol. The Labute approximate surface area is 47.9 Å². The van der Waals surface area contributed by atoms with Gasteiger partial charge in [-0.2, -0.15) is 5.26 Å². The first-order valence-electron chi connectivity index (χ1n) is 0.447. The van der Waals surface area contributed by atoms with Gasteiger partial charge in [-0.1, -0.05) is 12.6 Å². The molecule has 0 atom stereocenters. The van der Waals surface area contributed by atoms with Crippen molar-refractivity contribution in [2.75, 3.05) is 0 Å². The molecule has 0 spiro atoms. The van der Waals surface area contributed by atoms with E-state index in [1.807, 2.05) is 0 Å². The van der Waals surface area contributed by atoms with E-state index in [0.717, 1.165) is 0 Å². The molecule has 1 nitrogen and oxygen atoms in total. The van der Waals surface area contributed by atoms with E-state index in [4.69, 9.17) is 5.26 Å². The van der Waals surface area contributed by atoms with Gasteiger partial charge in [-0.15, -0.1) is 0 Å². The molecule has 4 heavy (non-hydrogen) atoms. The van der Waals surface area contributed by atoms with Crippen molar-refractivity contribution in [1.82, 2.24) is 0 Å². The normalized spacial score (nSPS) is 2.00. The fourth-order valence-corrected chi connectivity index (χ4v) is 0. The third kappa shape index (κ3) is 16.9. The van der Waals surface area contributed by atoms with Gasteiger partial charge in [-0.05, 0) is 0 Å². The first-order chi connectivity index (χ1) is 1.41. The van der Waals surface area contributed by atoms with Gasteiger partial charge in [0, 0.05) is 0 Å². The van der Waals surface area contributed by atoms with Crippen molar-refractivity contribution >= 4 is 37.1 Å².